The second kappa shape index (κ2) is 9.34. The van der Waals surface area contributed by atoms with E-state index in [2.05, 4.69) is 31.0 Å². The van der Waals surface area contributed by atoms with Crippen molar-refractivity contribution in [3.8, 4) is 0 Å². The predicted molar refractivity (Wildman–Crippen MR) is 77.5 cm³/mol. The van der Waals surface area contributed by atoms with E-state index >= 15 is 0 Å². The minimum Gasteiger partial charge on any atom is -0.368 e. The first-order valence-corrected chi connectivity index (χ1v) is 7.27. The first-order chi connectivity index (χ1) is 8.50. The van der Waals surface area contributed by atoms with E-state index in [1.54, 1.807) is 0 Å². The summed E-state index contributed by atoms with van der Waals surface area (Å²) in [5.74, 6) is -0.248. The minimum absolute atomic E-state index is 0.248. The maximum Gasteiger partial charge on any atom is 0.237 e. The molecule has 0 saturated carbocycles. The van der Waals surface area contributed by atoms with Gasteiger partial charge < -0.3 is 16.0 Å². The van der Waals surface area contributed by atoms with Crippen molar-refractivity contribution in [1.82, 2.24) is 10.2 Å². The van der Waals surface area contributed by atoms with E-state index in [1.165, 1.54) is 12.8 Å². The largest absolute Gasteiger partial charge is 0.368 e. The Morgan fingerprint density at radius 2 is 1.89 bits per heavy atom. The zero-order valence-electron chi connectivity index (χ0n) is 12.6. The lowest BCUT2D eigenvalue weighted by atomic mass is 9.96. The summed E-state index contributed by atoms with van der Waals surface area (Å²) in [5.41, 5.74) is 4.95. The summed E-state index contributed by atoms with van der Waals surface area (Å²) in [5, 5.41) is 3.28. The van der Waals surface area contributed by atoms with Gasteiger partial charge in [-0.25, -0.2) is 0 Å². The van der Waals surface area contributed by atoms with E-state index in [-0.39, 0.29) is 5.91 Å². The van der Waals surface area contributed by atoms with E-state index in [9.17, 15) is 4.79 Å². The summed E-state index contributed by atoms with van der Waals surface area (Å²) in [6.45, 7) is 12.3. The summed E-state index contributed by atoms with van der Waals surface area (Å²) in [4.78, 5) is 14.0. The number of rotatable bonds is 11. The van der Waals surface area contributed by atoms with Crippen LogP contribution in [-0.4, -0.2) is 42.5 Å². The molecule has 0 rings (SSSR count). The summed E-state index contributed by atoms with van der Waals surface area (Å²) < 4.78 is 0. The third-order valence-electron chi connectivity index (χ3n) is 3.51. The quantitative estimate of drug-likeness (QED) is 0.593. The molecule has 0 heterocycles. The highest BCUT2D eigenvalue weighted by Gasteiger charge is 2.30. The number of nitrogens with one attached hydrogen (secondary N) is 1. The first-order valence-electron chi connectivity index (χ1n) is 7.27. The number of hydrogen-bond acceptors (Lipinski definition) is 3. The van der Waals surface area contributed by atoms with E-state index in [1.807, 2.05) is 6.92 Å². The Morgan fingerprint density at radius 1 is 1.22 bits per heavy atom. The molecule has 0 saturated heterocycles. The number of carbonyl (C=O) groups is 1. The fourth-order valence-electron chi connectivity index (χ4n) is 1.89. The fourth-order valence-corrected chi connectivity index (χ4v) is 1.89. The van der Waals surface area contributed by atoms with E-state index in [0.717, 1.165) is 39.0 Å². The summed E-state index contributed by atoms with van der Waals surface area (Å²) in [6.07, 6.45) is 4.21. The molecule has 0 aromatic heterocycles. The van der Waals surface area contributed by atoms with Gasteiger partial charge in [0.15, 0.2) is 0 Å². The van der Waals surface area contributed by atoms with Gasteiger partial charge in [0, 0.05) is 6.54 Å². The molecular weight excluding hydrogens is 226 g/mol. The Kier molecular flexibility index (Phi) is 9.02. The van der Waals surface area contributed by atoms with Gasteiger partial charge in [-0.3, -0.25) is 4.79 Å². The highest BCUT2D eigenvalue weighted by atomic mass is 16.1. The van der Waals surface area contributed by atoms with Crippen LogP contribution in [0.5, 0.6) is 0 Å². The number of carbonyl (C=O) groups excluding carboxylic acids is 1. The lowest BCUT2D eigenvalue weighted by Gasteiger charge is -2.30. The number of nitrogens with two attached hydrogens (primary N) is 1. The summed E-state index contributed by atoms with van der Waals surface area (Å²) in [6, 6.07) is 0. The van der Waals surface area contributed by atoms with Crippen LogP contribution in [0.3, 0.4) is 0 Å². The molecule has 0 aromatic rings. The van der Waals surface area contributed by atoms with Gasteiger partial charge >= 0.3 is 0 Å². The lowest BCUT2D eigenvalue weighted by molar-refractivity contribution is -0.124. The molecule has 0 fully saturated rings. The Balaban J connectivity index is 4.27. The topological polar surface area (TPSA) is 58.4 Å². The molecule has 108 valence electrons. The van der Waals surface area contributed by atoms with Crippen LogP contribution in [0.15, 0.2) is 0 Å². The van der Waals surface area contributed by atoms with Crippen molar-refractivity contribution in [2.75, 3.05) is 26.2 Å². The van der Waals surface area contributed by atoms with Crippen molar-refractivity contribution in [3.63, 3.8) is 0 Å². The molecule has 4 nitrogen and oxygen atoms in total. The SMILES string of the molecule is CCCCN(CC)CCC(C)(NCCC)C(N)=O. The van der Waals surface area contributed by atoms with Crippen molar-refractivity contribution in [3.05, 3.63) is 0 Å². The average molecular weight is 257 g/mol. The van der Waals surface area contributed by atoms with E-state index in [4.69, 9.17) is 5.73 Å². The highest BCUT2D eigenvalue weighted by molar-refractivity contribution is 5.84. The van der Waals surface area contributed by atoms with Crippen LogP contribution >= 0.6 is 0 Å². The molecule has 0 aromatic carbocycles. The lowest BCUT2D eigenvalue weighted by Crippen LogP contribution is -2.54. The monoisotopic (exact) mass is 257 g/mol. The number of amides is 1. The number of primary amides is 1. The maximum absolute atomic E-state index is 11.6. The Bertz CT molecular complexity index is 233. The van der Waals surface area contributed by atoms with Crippen LogP contribution in [0, 0.1) is 0 Å². The highest BCUT2D eigenvalue weighted by Crippen LogP contribution is 2.11. The van der Waals surface area contributed by atoms with Crippen LogP contribution in [0.2, 0.25) is 0 Å². The smallest absolute Gasteiger partial charge is 0.237 e. The Hall–Kier alpha value is -0.610. The molecule has 0 radical (unpaired) electrons. The van der Waals surface area contributed by atoms with Crippen LogP contribution in [0.25, 0.3) is 0 Å². The molecule has 3 N–H and O–H groups in total. The molecule has 0 spiro atoms. The molecular formula is C14H31N3O. The number of nitrogens with zero attached hydrogens (tertiary/aromatic N) is 1. The zero-order chi connectivity index (χ0) is 14.0. The first kappa shape index (κ1) is 17.4. The molecule has 18 heavy (non-hydrogen) atoms. The molecule has 4 heteroatoms. The van der Waals surface area contributed by atoms with E-state index in [0.29, 0.717) is 0 Å². The molecule has 0 aliphatic rings. The summed E-state index contributed by atoms with van der Waals surface area (Å²) in [7, 11) is 0. The molecule has 1 atom stereocenters. The van der Waals surface area contributed by atoms with Gasteiger partial charge in [-0.1, -0.05) is 27.2 Å². The standard InChI is InChI=1S/C14H31N3O/c1-5-8-11-17(7-3)12-9-14(4,13(15)18)16-10-6-2/h16H,5-12H2,1-4H3,(H2,15,18). The third kappa shape index (κ3) is 6.36. The van der Waals surface area contributed by atoms with E-state index < -0.39 is 5.54 Å². The van der Waals surface area contributed by atoms with Gasteiger partial charge in [0.2, 0.25) is 5.91 Å². The van der Waals surface area contributed by atoms with Gasteiger partial charge in [0.1, 0.15) is 0 Å². The van der Waals surface area contributed by atoms with Gasteiger partial charge in [0.25, 0.3) is 0 Å². The Labute approximate surface area is 112 Å². The minimum atomic E-state index is -0.574. The van der Waals surface area contributed by atoms with Gasteiger partial charge in [0.05, 0.1) is 5.54 Å². The number of unbranched alkanes of at least 4 members (excludes halogenated alkanes) is 1. The zero-order valence-corrected chi connectivity index (χ0v) is 12.6. The summed E-state index contributed by atoms with van der Waals surface area (Å²) >= 11 is 0. The van der Waals surface area contributed by atoms with Gasteiger partial charge in [-0.2, -0.15) is 0 Å². The van der Waals surface area contributed by atoms with Crippen molar-refractivity contribution >= 4 is 5.91 Å². The Morgan fingerprint density at radius 3 is 2.33 bits per heavy atom. The molecule has 0 bridgehead atoms. The fraction of sp³-hybridized carbons (Fsp3) is 0.929. The van der Waals surface area contributed by atoms with Crippen molar-refractivity contribution in [2.45, 2.75) is 58.9 Å². The maximum atomic E-state index is 11.6. The molecule has 1 amide bonds. The molecule has 0 aliphatic heterocycles. The number of hydrogen-bond donors (Lipinski definition) is 2. The average Bonchev–Trinajstić information content (AvgIpc) is 2.36. The van der Waals surface area contributed by atoms with Crippen LogP contribution in [0.1, 0.15) is 53.4 Å². The predicted octanol–water partition coefficient (Wildman–Crippen LogP) is 1.74. The van der Waals surface area contributed by atoms with Gasteiger partial charge in [-0.05, 0) is 45.8 Å². The second-order valence-electron chi connectivity index (χ2n) is 5.16. The van der Waals surface area contributed by atoms with Crippen LogP contribution < -0.4 is 11.1 Å². The van der Waals surface area contributed by atoms with Crippen molar-refractivity contribution < 1.29 is 4.79 Å². The third-order valence-corrected chi connectivity index (χ3v) is 3.51. The van der Waals surface area contributed by atoms with Crippen LogP contribution in [0.4, 0.5) is 0 Å². The van der Waals surface area contributed by atoms with Crippen molar-refractivity contribution in [2.24, 2.45) is 5.73 Å². The molecule has 1 unspecified atom stereocenters. The normalized spacial score (nSPS) is 14.7. The van der Waals surface area contributed by atoms with Crippen molar-refractivity contribution in [1.29, 1.82) is 0 Å². The molecule has 0 aliphatic carbocycles. The van der Waals surface area contributed by atoms with Gasteiger partial charge in [-0.15, -0.1) is 0 Å². The van der Waals surface area contributed by atoms with Crippen LogP contribution in [-0.2, 0) is 4.79 Å². The second-order valence-corrected chi connectivity index (χ2v) is 5.16.